The van der Waals surface area contributed by atoms with Crippen LogP contribution in [0, 0.1) is 6.42 Å². The molecule has 0 saturated heterocycles. The minimum absolute atomic E-state index is 0.934. The second kappa shape index (κ2) is 29.6. The van der Waals surface area contributed by atoms with E-state index in [1.807, 2.05) is 0 Å². The van der Waals surface area contributed by atoms with Gasteiger partial charge in [0.15, 0.2) is 0 Å². The highest BCUT2D eigenvalue weighted by Gasteiger charge is 2.05. The van der Waals surface area contributed by atoms with Crippen LogP contribution < -0.4 is 0 Å². The van der Waals surface area contributed by atoms with Crippen LogP contribution in [0.1, 0.15) is 218 Å². The van der Waals surface area contributed by atoms with E-state index in [0.717, 1.165) is 18.7 Å². The molecule has 0 aliphatic rings. The van der Waals surface area contributed by atoms with Crippen LogP contribution in [0.3, 0.4) is 0 Å². The molecule has 40 heavy (non-hydrogen) atoms. The van der Waals surface area contributed by atoms with Gasteiger partial charge in [0, 0.05) is 17.8 Å². The van der Waals surface area contributed by atoms with Crippen LogP contribution in [-0.2, 0) is 12.8 Å². The lowest BCUT2D eigenvalue weighted by atomic mass is 10.0. The zero-order chi connectivity index (χ0) is 28.8. The van der Waals surface area contributed by atoms with E-state index in [9.17, 15) is 0 Å². The fourth-order valence-electron chi connectivity index (χ4n) is 5.96. The van der Waals surface area contributed by atoms with Crippen molar-refractivity contribution in [3.8, 4) is 0 Å². The lowest BCUT2D eigenvalue weighted by molar-refractivity contribution is 0.534. The Morgan fingerprint density at radius 2 is 0.650 bits per heavy atom. The molecular formula is C38H71N2. The zero-order valence-corrected chi connectivity index (χ0v) is 27.8. The van der Waals surface area contributed by atoms with Crippen LogP contribution >= 0.6 is 0 Å². The van der Waals surface area contributed by atoms with Gasteiger partial charge in [-0.25, -0.2) is 9.97 Å². The van der Waals surface area contributed by atoms with Crippen molar-refractivity contribution in [2.45, 2.75) is 213 Å². The third kappa shape index (κ3) is 23.8. The number of hydrogen-bond donors (Lipinski definition) is 0. The van der Waals surface area contributed by atoms with Crippen molar-refractivity contribution in [2.75, 3.05) is 0 Å². The molecule has 0 aliphatic heterocycles. The first-order valence-corrected chi connectivity index (χ1v) is 18.5. The van der Waals surface area contributed by atoms with Crippen LogP contribution in [-0.4, -0.2) is 9.97 Å². The summed E-state index contributed by atoms with van der Waals surface area (Å²) in [6.07, 6.45) is 44.0. The van der Waals surface area contributed by atoms with Crippen molar-refractivity contribution >= 4 is 0 Å². The number of aryl methyl sites for hydroxylation is 2. The quantitative estimate of drug-likeness (QED) is 0.0851. The molecule has 0 bridgehead atoms. The smallest absolute Gasteiger partial charge is 0.132 e. The van der Waals surface area contributed by atoms with Crippen LogP contribution in [0.15, 0.2) is 6.07 Å². The van der Waals surface area contributed by atoms with E-state index in [4.69, 9.17) is 9.97 Å². The maximum Gasteiger partial charge on any atom is 0.132 e. The number of nitrogens with zero attached hydrogens (tertiary/aromatic N) is 2. The van der Waals surface area contributed by atoms with E-state index in [1.165, 1.54) is 191 Å². The molecule has 0 aliphatic carbocycles. The summed E-state index contributed by atoms with van der Waals surface area (Å²) < 4.78 is 0. The van der Waals surface area contributed by atoms with Crippen LogP contribution in [0.4, 0.5) is 0 Å². The molecule has 0 unspecified atom stereocenters. The molecule has 2 nitrogen and oxygen atoms in total. The molecule has 0 fully saturated rings. The topological polar surface area (TPSA) is 25.8 Å². The van der Waals surface area contributed by atoms with Crippen molar-refractivity contribution in [1.29, 1.82) is 0 Å². The Bertz CT molecular complexity index is 590. The second-order valence-electron chi connectivity index (χ2n) is 12.7. The maximum atomic E-state index is 4.80. The lowest BCUT2D eigenvalue weighted by Crippen LogP contribution is -2.02. The van der Waals surface area contributed by atoms with Crippen LogP contribution in [0.25, 0.3) is 0 Å². The molecule has 1 rings (SSSR count). The van der Waals surface area contributed by atoms with Gasteiger partial charge in [0.1, 0.15) is 5.82 Å². The van der Waals surface area contributed by atoms with Gasteiger partial charge in [0.2, 0.25) is 0 Å². The standard InChI is InChI=1S/C38H71N2/c1-4-7-9-11-13-15-17-19-21-23-25-27-29-31-33-36-35-37(40-38(6-3)39-36)34-32-30-28-26-24-22-20-18-16-14-12-10-8-5-2/h6,35H,4-5,7-34H2,1-3H3. The van der Waals surface area contributed by atoms with E-state index in [-0.39, 0.29) is 0 Å². The first kappa shape index (κ1) is 37.1. The first-order chi connectivity index (χ1) is 19.8. The van der Waals surface area contributed by atoms with E-state index >= 15 is 0 Å². The summed E-state index contributed by atoms with van der Waals surface area (Å²) >= 11 is 0. The molecule has 1 aromatic heterocycles. The Labute approximate surface area is 252 Å². The molecule has 233 valence electrons. The SMILES string of the molecule is C[CH]c1nc(CCCCCCCCCCCCCCCC)cc(CCCCCCCCCCCCCCCC)n1. The van der Waals surface area contributed by atoms with Crippen molar-refractivity contribution < 1.29 is 0 Å². The van der Waals surface area contributed by atoms with E-state index in [2.05, 4.69) is 33.3 Å². The van der Waals surface area contributed by atoms with Gasteiger partial charge in [0.25, 0.3) is 0 Å². The van der Waals surface area contributed by atoms with E-state index in [0.29, 0.717) is 0 Å². The Balaban J connectivity index is 2.01. The predicted octanol–water partition coefficient (Wildman–Crippen LogP) is 13.1. The van der Waals surface area contributed by atoms with Crippen molar-refractivity contribution in [3.63, 3.8) is 0 Å². The molecule has 0 amide bonds. The van der Waals surface area contributed by atoms with Crippen LogP contribution in [0.5, 0.6) is 0 Å². The van der Waals surface area contributed by atoms with Gasteiger partial charge in [-0.2, -0.15) is 0 Å². The Morgan fingerprint density at radius 3 is 0.900 bits per heavy atom. The Hall–Kier alpha value is -0.920. The fourth-order valence-corrected chi connectivity index (χ4v) is 5.96. The van der Waals surface area contributed by atoms with Crippen molar-refractivity contribution in [2.24, 2.45) is 0 Å². The molecule has 0 saturated carbocycles. The summed E-state index contributed by atoms with van der Waals surface area (Å²) in [7, 11) is 0. The molecule has 0 N–H and O–H groups in total. The number of unbranched alkanes of at least 4 members (excludes halogenated alkanes) is 26. The monoisotopic (exact) mass is 556 g/mol. The van der Waals surface area contributed by atoms with Gasteiger partial charge < -0.3 is 0 Å². The molecule has 0 aromatic carbocycles. The molecular weight excluding hydrogens is 484 g/mol. The summed E-state index contributed by atoms with van der Waals surface area (Å²) in [5.41, 5.74) is 2.53. The molecule has 1 heterocycles. The highest BCUT2D eigenvalue weighted by Crippen LogP contribution is 2.16. The van der Waals surface area contributed by atoms with Gasteiger partial charge >= 0.3 is 0 Å². The predicted molar refractivity (Wildman–Crippen MR) is 179 cm³/mol. The average molecular weight is 556 g/mol. The highest BCUT2D eigenvalue weighted by atomic mass is 14.9. The van der Waals surface area contributed by atoms with Crippen molar-refractivity contribution in [3.05, 3.63) is 29.7 Å². The molecule has 0 spiro atoms. The number of aromatic nitrogens is 2. The fraction of sp³-hybridized carbons (Fsp3) is 0.868. The summed E-state index contributed by atoms with van der Waals surface area (Å²) in [5, 5.41) is 0. The Kier molecular flexibility index (Phi) is 27.4. The summed E-state index contributed by atoms with van der Waals surface area (Å²) in [5.74, 6) is 0.934. The number of rotatable bonds is 31. The van der Waals surface area contributed by atoms with Gasteiger partial charge in [0.05, 0.1) is 0 Å². The van der Waals surface area contributed by atoms with Gasteiger partial charge in [-0.05, 0) is 31.7 Å². The average Bonchev–Trinajstić information content (AvgIpc) is 2.97. The lowest BCUT2D eigenvalue weighted by Gasteiger charge is -2.08. The minimum atomic E-state index is 0.934. The summed E-state index contributed by atoms with van der Waals surface area (Å²) in [6, 6.07) is 2.30. The maximum absolute atomic E-state index is 4.80. The first-order valence-electron chi connectivity index (χ1n) is 18.5. The molecule has 2 heteroatoms. The minimum Gasteiger partial charge on any atom is -0.238 e. The van der Waals surface area contributed by atoms with Crippen molar-refractivity contribution in [1.82, 2.24) is 9.97 Å². The normalized spacial score (nSPS) is 11.5. The summed E-state index contributed by atoms with van der Waals surface area (Å²) in [6.45, 7) is 6.67. The van der Waals surface area contributed by atoms with E-state index in [1.54, 1.807) is 0 Å². The van der Waals surface area contributed by atoms with Gasteiger partial charge in [-0.1, -0.05) is 188 Å². The second-order valence-corrected chi connectivity index (χ2v) is 12.7. The molecule has 0 atom stereocenters. The zero-order valence-electron chi connectivity index (χ0n) is 27.8. The van der Waals surface area contributed by atoms with Gasteiger partial charge in [-0.15, -0.1) is 0 Å². The Morgan fingerprint density at radius 1 is 0.400 bits per heavy atom. The highest BCUT2D eigenvalue weighted by molar-refractivity contribution is 5.15. The van der Waals surface area contributed by atoms with Crippen LogP contribution in [0.2, 0.25) is 0 Å². The summed E-state index contributed by atoms with van der Waals surface area (Å²) in [4.78, 5) is 9.60. The molecule has 1 radical (unpaired) electrons. The number of hydrogen-bond acceptors (Lipinski definition) is 2. The largest absolute Gasteiger partial charge is 0.238 e. The third-order valence-corrected chi connectivity index (χ3v) is 8.68. The van der Waals surface area contributed by atoms with E-state index < -0.39 is 0 Å². The molecule has 1 aromatic rings. The van der Waals surface area contributed by atoms with Gasteiger partial charge in [-0.3, -0.25) is 0 Å². The third-order valence-electron chi connectivity index (χ3n) is 8.68.